The summed E-state index contributed by atoms with van der Waals surface area (Å²) >= 11 is 7.40. The molecule has 8 heteroatoms. The van der Waals surface area contributed by atoms with Crippen molar-refractivity contribution in [1.82, 2.24) is 4.57 Å². The minimum Gasteiger partial charge on any atom is -0.462 e. The molecule has 1 aliphatic heterocycles. The molecule has 0 radical (unpaired) electrons. The quantitative estimate of drug-likeness (QED) is 0.600. The number of carbonyl (C=O) groups is 1. The Hall–Kier alpha value is -2.90. The second-order valence-electron chi connectivity index (χ2n) is 6.43. The van der Waals surface area contributed by atoms with Crippen molar-refractivity contribution in [1.29, 1.82) is 0 Å². The van der Waals surface area contributed by atoms with Gasteiger partial charge in [0.2, 0.25) is 0 Å². The van der Waals surface area contributed by atoms with Gasteiger partial charge in [-0.05, 0) is 55.0 Å². The highest BCUT2D eigenvalue weighted by molar-refractivity contribution is 7.07. The minimum atomic E-state index is -0.347. The summed E-state index contributed by atoms with van der Waals surface area (Å²) in [5.41, 5.74) is 2.17. The number of anilines is 1. The number of thiazole rings is 1. The summed E-state index contributed by atoms with van der Waals surface area (Å²) in [5.74, 6) is -0.347. The van der Waals surface area contributed by atoms with E-state index in [0.29, 0.717) is 39.9 Å². The van der Waals surface area contributed by atoms with Gasteiger partial charge in [-0.1, -0.05) is 35.1 Å². The zero-order chi connectivity index (χ0) is 20.4. The van der Waals surface area contributed by atoms with E-state index in [2.05, 4.69) is 4.99 Å². The van der Waals surface area contributed by atoms with Crippen molar-refractivity contribution in [3.8, 4) is 0 Å². The first-order chi connectivity index (χ1) is 14.0. The number of ether oxygens (including phenoxy) is 1. The molecule has 0 unspecified atom stereocenters. The van der Waals surface area contributed by atoms with Crippen LogP contribution in [0.25, 0.3) is 6.08 Å². The highest BCUT2D eigenvalue weighted by Gasteiger charge is 2.16. The van der Waals surface area contributed by atoms with E-state index in [9.17, 15) is 9.59 Å². The van der Waals surface area contributed by atoms with Crippen molar-refractivity contribution < 1.29 is 9.53 Å². The second-order valence-corrected chi connectivity index (χ2v) is 7.88. The van der Waals surface area contributed by atoms with E-state index >= 15 is 0 Å². The number of hydrogen-bond acceptors (Lipinski definition) is 6. The summed E-state index contributed by atoms with van der Waals surface area (Å²) in [6.07, 6.45) is 1.83. The first kappa shape index (κ1) is 19.4. The van der Waals surface area contributed by atoms with Crippen molar-refractivity contribution >= 4 is 40.7 Å². The Morgan fingerprint density at radius 2 is 2.07 bits per heavy atom. The lowest BCUT2D eigenvalue weighted by Gasteiger charge is -2.25. The number of carbonyl (C=O) groups excluding carboxylic acids is 1. The molecule has 0 bridgehead atoms. The Labute approximate surface area is 176 Å². The third-order valence-corrected chi connectivity index (χ3v) is 5.75. The first-order valence-electron chi connectivity index (χ1n) is 9.08. The number of nitrogens with zero attached hydrogens (tertiary/aromatic N) is 3. The fourth-order valence-electron chi connectivity index (χ4n) is 3.05. The lowest BCUT2D eigenvalue weighted by Crippen LogP contribution is -2.42. The lowest BCUT2D eigenvalue weighted by molar-refractivity contribution is 0.0526. The van der Waals surface area contributed by atoms with Crippen LogP contribution >= 0.6 is 22.9 Å². The monoisotopic (exact) mass is 427 g/mol. The average molecular weight is 428 g/mol. The number of esters is 1. The van der Waals surface area contributed by atoms with Gasteiger partial charge in [0.05, 0.1) is 16.7 Å². The molecule has 148 valence electrons. The van der Waals surface area contributed by atoms with Gasteiger partial charge in [-0.2, -0.15) is 0 Å². The number of rotatable bonds is 4. The molecule has 6 nitrogen and oxygen atoms in total. The van der Waals surface area contributed by atoms with Gasteiger partial charge < -0.3 is 9.64 Å². The van der Waals surface area contributed by atoms with E-state index < -0.39 is 0 Å². The van der Waals surface area contributed by atoms with Crippen LogP contribution in [0.3, 0.4) is 0 Å². The van der Waals surface area contributed by atoms with Crippen molar-refractivity contribution in [3.05, 3.63) is 84.4 Å². The van der Waals surface area contributed by atoms with E-state index in [1.165, 1.54) is 11.3 Å². The normalized spacial score (nSPS) is 13.7. The largest absolute Gasteiger partial charge is 0.462 e. The van der Waals surface area contributed by atoms with Crippen LogP contribution in [0.15, 0.2) is 58.3 Å². The van der Waals surface area contributed by atoms with Crippen molar-refractivity contribution in [2.75, 3.05) is 18.2 Å². The van der Waals surface area contributed by atoms with E-state index in [1.807, 2.05) is 41.3 Å². The molecule has 0 amide bonds. The Bertz CT molecular complexity index is 1230. The van der Waals surface area contributed by atoms with Crippen LogP contribution in [0.4, 0.5) is 5.69 Å². The van der Waals surface area contributed by atoms with Crippen LogP contribution in [-0.2, 0) is 11.4 Å². The number of hydrogen-bond donors (Lipinski definition) is 0. The number of aromatic nitrogens is 1. The van der Waals surface area contributed by atoms with Crippen LogP contribution in [0.2, 0.25) is 5.02 Å². The Morgan fingerprint density at radius 1 is 1.28 bits per heavy atom. The van der Waals surface area contributed by atoms with Gasteiger partial charge in [-0.25, -0.2) is 9.79 Å². The predicted octanol–water partition coefficient (Wildman–Crippen LogP) is 2.62. The summed E-state index contributed by atoms with van der Waals surface area (Å²) < 4.78 is 7.28. The van der Waals surface area contributed by atoms with E-state index in [0.717, 1.165) is 11.3 Å². The van der Waals surface area contributed by atoms with Crippen LogP contribution in [0.5, 0.6) is 0 Å². The lowest BCUT2D eigenvalue weighted by atomic mass is 10.2. The number of halogens is 1. The molecule has 0 spiro atoms. The predicted molar refractivity (Wildman–Crippen MR) is 114 cm³/mol. The van der Waals surface area contributed by atoms with Crippen LogP contribution in [-0.4, -0.2) is 23.8 Å². The minimum absolute atomic E-state index is 0.0819. The molecule has 2 aromatic carbocycles. The highest BCUT2D eigenvalue weighted by atomic mass is 35.5. The van der Waals surface area contributed by atoms with E-state index in [1.54, 1.807) is 29.7 Å². The van der Waals surface area contributed by atoms with Gasteiger partial charge in [-0.15, -0.1) is 0 Å². The van der Waals surface area contributed by atoms with Crippen LogP contribution < -0.4 is 19.8 Å². The van der Waals surface area contributed by atoms with Crippen LogP contribution in [0.1, 0.15) is 22.8 Å². The third kappa shape index (κ3) is 4.11. The summed E-state index contributed by atoms with van der Waals surface area (Å²) in [6.45, 7) is 2.95. The molecule has 1 aliphatic rings. The van der Waals surface area contributed by atoms with Gasteiger partial charge in [0, 0.05) is 10.7 Å². The molecule has 0 saturated carbocycles. The summed E-state index contributed by atoms with van der Waals surface area (Å²) in [6, 6.07) is 14.5. The van der Waals surface area contributed by atoms with Crippen molar-refractivity contribution in [2.24, 2.45) is 4.99 Å². The number of fused-ring (bicyclic) bond motifs is 1. The fourth-order valence-corrected chi connectivity index (χ4v) is 4.21. The zero-order valence-corrected chi connectivity index (χ0v) is 17.2. The fraction of sp³-hybridized carbons (Fsp3) is 0.190. The molecule has 0 N–H and O–H groups in total. The third-order valence-electron chi connectivity index (χ3n) is 4.47. The maximum Gasteiger partial charge on any atom is 0.338 e. The summed E-state index contributed by atoms with van der Waals surface area (Å²) in [4.78, 5) is 31.9. The summed E-state index contributed by atoms with van der Waals surface area (Å²) in [7, 11) is 0. The molecule has 4 rings (SSSR count). The van der Waals surface area contributed by atoms with Gasteiger partial charge in [0.25, 0.3) is 5.56 Å². The first-order valence-corrected chi connectivity index (χ1v) is 10.3. The van der Waals surface area contributed by atoms with E-state index in [4.69, 9.17) is 16.3 Å². The summed E-state index contributed by atoms with van der Waals surface area (Å²) in [5, 5.41) is 0.627. The zero-order valence-electron chi connectivity index (χ0n) is 15.7. The van der Waals surface area contributed by atoms with Crippen molar-refractivity contribution in [2.45, 2.75) is 13.6 Å². The molecule has 0 aliphatic carbocycles. The van der Waals surface area contributed by atoms with Gasteiger partial charge >= 0.3 is 5.97 Å². The average Bonchev–Trinajstić information content (AvgIpc) is 3.03. The Kier molecular flexibility index (Phi) is 5.51. The van der Waals surface area contributed by atoms with Gasteiger partial charge in [0.1, 0.15) is 13.3 Å². The highest BCUT2D eigenvalue weighted by Crippen LogP contribution is 2.17. The smallest absolute Gasteiger partial charge is 0.338 e. The van der Waals surface area contributed by atoms with Crippen molar-refractivity contribution in [3.63, 3.8) is 0 Å². The molecule has 29 heavy (non-hydrogen) atoms. The molecular weight excluding hydrogens is 410 g/mol. The van der Waals surface area contributed by atoms with Gasteiger partial charge in [-0.3, -0.25) is 9.36 Å². The topological polar surface area (TPSA) is 63.9 Å². The molecule has 0 fully saturated rings. The Morgan fingerprint density at radius 3 is 2.79 bits per heavy atom. The number of benzene rings is 2. The molecular formula is C21H18ClN3O3S. The maximum absolute atomic E-state index is 12.9. The molecule has 1 aromatic heterocycles. The molecule has 0 saturated heterocycles. The maximum atomic E-state index is 12.9. The molecule has 0 atom stereocenters. The SMILES string of the molecule is CCOC(=O)c1ccc(N2CN=c3s/c(=C/c4cccc(Cl)c4)c(=O)n3C2)cc1. The molecule has 3 aromatic rings. The van der Waals surface area contributed by atoms with Gasteiger partial charge in [0.15, 0.2) is 4.80 Å². The standard InChI is InChI=1S/C21H18ClN3O3S/c1-2-28-20(27)15-6-8-17(9-7-15)24-12-23-21-25(13-24)19(26)18(29-21)11-14-4-3-5-16(22)10-14/h3-11H,2,12-13H2,1H3/b18-11+. The second kappa shape index (κ2) is 8.23. The van der Waals surface area contributed by atoms with E-state index in [-0.39, 0.29) is 11.5 Å². The Balaban J connectivity index is 1.60. The van der Waals surface area contributed by atoms with Crippen LogP contribution in [0, 0.1) is 0 Å². The molecule has 2 heterocycles.